The number of amides is 2. The third-order valence-corrected chi connectivity index (χ3v) is 4.24. The molecule has 0 saturated carbocycles. The quantitative estimate of drug-likeness (QED) is 0.804. The molecule has 2 aliphatic rings. The summed E-state index contributed by atoms with van der Waals surface area (Å²) in [4.78, 5) is 25.8. The highest BCUT2D eigenvalue weighted by molar-refractivity contribution is 5.82. The first-order valence-electron chi connectivity index (χ1n) is 7.67. The molecule has 2 amide bonds. The summed E-state index contributed by atoms with van der Waals surface area (Å²) in [5.41, 5.74) is -0.161. The number of hydrogen-bond acceptors (Lipinski definition) is 3. The van der Waals surface area contributed by atoms with Crippen LogP contribution >= 0.6 is 0 Å². The second-order valence-corrected chi connectivity index (χ2v) is 7.04. The van der Waals surface area contributed by atoms with E-state index < -0.39 is 0 Å². The van der Waals surface area contributed by atoms with Crippen molar-refractivity contribution in [2.24, 2.45) is 5.92 Å². The van der Waals surface area contributed by atoms with Gasteiger partial charge in [-0.05, 0) is 52.6 Å². The standard InChI is InChI=1S/C15H27N3O2/c1-15(2,3)18-10-12(8-14(18)20)17-13(19)5-4-11-6-7-16-9-11/h11-12,16H,4-10H2,1-3H3,(H,17,19). The summed E-state index contributed by atoms with van der Waals surface area (Å²) in [5.74, 6) is 0.866. The third kappa shape index (κ3) is 3.95. The molecule has 2 unspecified atom stereocenters. The topological polar surface area (TPSA) is 61.4 Å². The Hall–Kier alpha value is -1.10. The van der Waals surface area contributed by atoms with Crippen molar-refractivity contribution in [2.75, 3.05) is 19.6 Å². The first-order chi connectivity index (χ1) is 9.36. The molecular weight excluding hydrogens is 254 g/mol. The molecule has 114 valence electrons. The van der Waals surface area contributed by atoms with Gasteiger partial charge in [0, 0.05) is 24.9 Å². The van der Waals surface area contributed by atoms with E-state index >= 15 is 0 Å². The molecule has 20 heavy (non-hydrogen) atoms. The lowest BCUT2D eigenvalue weighted by atomic mass is 10.0. The Bertz CT molecular complexity index is 370. The Kier molecular flexibility index (Phi) is 4.68. The van der Waals surface area contributed by atoms with Gasteiger partial charge in [0.25, 0.3) is 0 Å². The molecule has 2 N–H and O–H groups in total. The number of likely N-dealkylation sites (tertiary alicyclic amines) is 1. The van der Waals surface area contributed by atoms with Gasteiger partial charge in [-0.25, -0.2) is 0 Å². The maximum absolute atomic E-state index is 12.0. The van der Waals surface area contributed by atoms with Gasteiger partial charge in [0.05, 0.1) is 6.04 Å². The molecule has 5 heteroatoms. The average Bonchev–Trinajstić information content (AvgIpc) is 2.95. The summed E-state index contributed by atoms with van der Waals surface area (Å²) in [6.07, 6.45) is 3.13. The van der Waals surface area contributed by atoms with Crippen molar-refractivity contribution in [3.05, 3.63) is 0 Å². The van der Waals surface area contributed by atoms with E-state index in [2.05, 4.69) is 10.6 Å². The van der Waals surface area contributed by atoms with Crippen LogP contribution in [-0.4, -0.2) is 47.9 Å². The molecule has 0 spiro atoms. The van der Waals surface area contributed by atoms with E-state index in [1.807, 2.05) is 25.7 Å². The molecule has 0 radical (unpaired) electrons. The van der Waals surface area contributed by atoms with Gasteiger partial charge in [-0.2, -0.15) is 0 Å². The van der Waals surface area contributed by atoms with E-state index in [4.69, 9.17) is 0 Å². The summed E-state index contributed by atoms with van der Waals surface area (Å²) < 4.78 is 0. The normalized spacial score (nSPS) is 27.1. The van der Waals surface area contributed by atoms with Gasteiger partial charge in [-0.3, -0.25) is 9.59 Å². The van der Waals surface area contributed by atoms with Crippen LogP contribution in [0.25, 0.3) is 0 Å². The van der Waals surface area contributed by atoms with Crippen molar-refractivity contribution in [3.63, 3.8) is 0 Å². The van der Waals surface area contributed by atoms with Gasteiger partial charge >= 0.3 is 0 Å². The van der Waals surface area contributed by atoms with Crippen molar-refractivity contribution >= 4 is 11.8 Å². The van der Waals surface area contributed by atoms with E-state index in [0.29, 0.717) is 25.3 Å². The number of nitrogens with one attached hydrogen (secondary N) is 2. The number of rotatable bonds is 4. The second-order valence-electron chi connectivity index (χ2n) is 7.04. The van der Waals surface area contributed by atoms with Crippen molar-refractivity contribution in [3.8, 4) is 0 Å². The number of nitrogens with zero attached hydrogens (tertiary/aromatic N) is 1. The highest BCUT2D eigenvalue weighted by atomic mass is 16.2. The molecule has 0 bridgehead atoms. The van der Waals surface area contributed by atoms with Crippen LogP contribution in [0.4, 0.5) is 0 Å². The summed E-state index contributed by atoms with van der Waals surface area (Å²) in [5, 5.41) is 6.33. The lowest BCUT2D eigenvalue weighted by molar-refractivity contribution is -0.131. The van der Waals surface area contributed by atoms with Gasteiger partial charge in [0.15, 0.2) is 0 Å². The predicted octanol–water partition coefficient (Wildman–Crippen LogP) is 0.892. The Morgan fingerprint density at radius 2 is 2.20 bits per heavy atom. The van der Waals surface area contributed by atoms with Crippen LogP contribution in [0.2, 0.25) is 0 Å². The van der Waals surface area contributed by atoms with E-state index in [1.54, 1.807) is 0 Å². The molecule has 0 aromatic carbocycles. The summed E-state index contributed by atoms with van der Waals surface area (Å²) in [6.45, 7) is 8.84. The maximum atomic E-state index is 12.0. The zero-order valence-electron chi connectivity index (χ0n) is 12.9. The first kappa shape index (κ1) is 15.3. The molecular formula is C15H27N3O2. The van der Waals surface area contributed by atoms with Gasteiger partial charge in [0.2, 0.25) is 11.8 Å². The Balaban J connectivity index is 1.73. The zero-order valence-corrected chi connectivity index (χ0v) is 12.9. The second kappa shape index (κ2) is 6.12. The third-order valence-electron chi connectivity index (χ3n) is 4.24. The van der Waals surface area contributed by atoms with Crippen molar-refractivity contribution in [2.45, 2.75) is 58.0 Å². The lowest BCUT2D eigenvalue weighted by Crippen LogP contribution is -2.44. The largest absolute Gasteiger partial charge is 0.351 e. The summed E-state index contributed by atoms with van der Waals surface area (Å²) >= 11 is 0. The molecule has 0 aromatic heterocycles. The van der Waals surface area contributed by atoms with Crippen LogP contribution in [0.15, 0.2) is 0 Å². The fraction of sp³-hybridized carbons (Fsp3) is 0.867. The van der Waals surface area contributed by atoms with Crippen LogP contribution < -0.4 is 10.6 Å². The number of carbonyl (C=O) groups excluding carboxylic acids is 2. The predicted molar refractivity (Wildman–Crippen MR) is 78.2 cm³/mol. The highest BCUT2D eigenvalue weighted by Crippen LogP contribution is 2.22. The lowest BCUT2D eigenvalue weighted by Gasteiger charge is -2.32. The minimum absolute atomic E-state index is 0.0177. The molecule has 2 heterocycles. The van der Waals surface area contributed by atoms with E-state index in [1.165, 1.54) is 6.42 Å². The summed E-state index contributed by atoms with van der Waals surface area (Å²) in [7, 11) is 0. The smallest absolute Gasteiger partial charge is 0.225 e. The fourth-order valence-corrected chi connectivity index (χ4v) is 3.05. The van der Waals surface area contributed by atoms with Crippen molar-refractivity contribution < 1.29 is 9.59 Å². The van der Waals surface area contributed by atoms with Crippen LogP contribution in [0.3, 0.4) is 0 Å². The molecule has 0 aliphatic carbocycles. The van der Waals surface area contributed by atoms with Crippen LogP contribution in [-0.2, 0) is 9.59 Å². The van der Waals surface area contributed by atoms with Gasteiger partial charge < -0.3 is 15.5 Å². The van der Waals surface area contributed by atoms with Crippen molar-refractivity contribution in [1.82, 2.24) is 15.5 Å². The monoisotopic (exact) mass is 281 g/mol. The van der Waals surface area contributed by atoms with Crippen molar-refractivity contribution in [1.29, 1.82) is 0 Å². The minimum Gasteiger partial charge on any atom is -0.351 e. The Labute approximate surface area is 121 Å². The molecule has 5 nitrogen and oxygen atoms in total. The molecule has 2 aliphatic heterocycles. The first-order valence-corrected chi connectivity index (χ1v) is 7.67. The van der Waals surface area contributed by atoms with Crippen LogP contribution in [0.5, 0.6) is 0 Å². The molecule has 2 fully saturated rings. The summed E-state index contributed by atoms with van der Waals surface area (Å²) in [6, 6.07) is -0.0177. The fourth-order valence-electron chi connectivity index (χ4n) is 3.05. The highest BCUT2D eigenvalue weighted by Gasteiger charge is 2.36. The van der Waals surface area contributed by atoms with E-state index in [-0.39, 0.29) is 23.4 Å². The van der Waals surface area contributed by atoms with Crippen LogP contribution in [0.1, 0.15) is 46.5 Å². The zero-order chi connectivity index (χ0) is 14.8. The minimum atomic E-state index is -0.161. The number of hydrogen-bond donors (Lipinski definition) is 2. The molecule has 0 aromatic rings. The van der Waals surface area contributed by atoms with E-state index in [0.717, 1.165) is 19.5 Å². The molecule has 2 rings (SSSR count). The molecule has 2 atom stereocenters. The van der Waals surface area contributed by atoms with E-state index in [9.17, 15) is 9.59 Å². The SMILES string of the molecule is CC(C)(C)N1CC(NC(=O)CCC2CCNC2)CC1=O. The Morgan fingerprint density at radius 1 is 1.45 bits per heavy atom. The Morgan fingerprint density at radius 3 is 2.75 bits per heavy atom. The van der Waals surface area contributed by atoms with Gasteiger partial charge in [-0.15, -0.1) is 0 Å². The number of carbonyl (C=O) groups is 2. The maximum Gasteiger partial charge on any atom is 0.225 e. The molecule has 2 saturated heterocycles. The van der Waals surface area contributed by atoms with Gasteiger partial charge in [0.1, 0.15) is 0 Å². The van der Waals surface area contributed by atoms with Crippen LogP contribution in [0, 0.1) is 5.92 Å². The average molecular weight is 281 g/mol. The van der Waals surface area contributed by atoms with Gasteiger partial charge in [-0.1, -0.05) is 0 Å².